The van der Waals surface area contributed by atoms with Gasteiger partial charge in [-0.15, -0.1) is 0 Å². The Morgan fingerprint density at radius 2 is 2.03 bits per heavy atom. The zero-order chi connectivity index (χ0) is 22.3. The summed E-state index contributed by atoms with van der Waals surface area (Å²) in [6, 6.07) is 11.4. The SMILES string of the molecule is COc1cccc(CNC(=O)CSc2nc(=O)n(Cc3cccnc3)c3c2CCCC3)c1. The summed E-state index contributed by atoms with van der Waals surface area (Å²) in [6.45, 7) is 0.892. The number of fused-ring (bicyclic) bond motifs is 1. The standard InChI is InChI=1S/C24H26N4O3S/c1-31-19-8-4-6-17(12-19)14-26-22(29)16-32-23-20-9-2-3-10-21(20)28(24(30)27-23)15-18-7-5-11-25-13-18/h4-8,11-13H,2-3,9-10,14-16H2,1H3,(H,26,29). The van der Waals surface area contributed by atoms with Gasteiger partial charge in [-0.25, -0.2) is 4.79 Å². The lowest BCUT2D eigenvalue weighted by molar-refractivity contribution is -0.118. The molecule has 0 saturated heterocycles. The third-order valence-corrected chi connectivity index (χ3v) is 6.50. The molecule has 166 valence electrons. The van der Waals surface area contributed by atoms with Gasteiger partial charge < -0.3 is 10.1 Å². The number of pyridine rings is 1. The van der Waals surface area contributed by atoms with Gasteiger partial charge in [0.2, 0.25) is 5.91 Å². The summed E-state index contributed by atoms with van der Waals surface area (Å²) in [5.41, 5.74) is 3.82. The van der Waals surface area contributed by atoms with Gasteiger partial charge in [0.15, 0.2) is 0 Å². The van der Waals surface area contributed by atoms with Crippen LogP contribution in [0.15, 0.2) is 58.6 Å². The van der Waals surface area contributed by atoms with Crippen LogP contribution < -0.4 is 15.7 Å². The molecular formula is C24H26N4O3S. The van der Waals surface area contributed by atoms with Crippen LogP contribution >= 0.6 is 11.8 Å². The lowest BCUT2D eigenvalue weighted by Crippen LogP contribution is -2.31. The molecule has 1 aliphatic rings. The summed E-state index contributed by atoms with van der Waals surface area (Å²) in [4.78, 5) is 33.8. The molecule has 0 saturated carbocycles. The number of carbonyl (C=O) groups excluding carboxylic acids is 1. The Bertz CT molecular complexity index is 1150. The van der Waals surface area contributed by atoms with Crippen molar-refractivity contribution in [3.05, 3.63) is 81.7 Å². The maximum Gasteiger partial charge on any atom is 0.349 e. The molecule has 0 aliphatic heterocycles. The van der Waals surface area contributed by atoms with Crippen molar-refractivity contribution in [3.8, 4) is 5.75 Å². The number of nitrogens with one attached hydrogen (secondary N) is 1. The Morgan fingerprint density at radius 1 is 1.19 bits per heavy atom. The second kappa shape index (κ2) is 10.5. The topological polar surface area (TPSA) is 86.1 Å². The van der Waals surface area contributed by atoms with Gasteiger partial charge in [0, 0.05) is 30.2 Å². The summed E-state index contributed by atoms with van der Waals surface area (Å²) in [7, 11) is 1.62. The predicted octanol–water partition coefficient (Wildman–Crippen LogP) is 2.98. The van der Waals surface area contributed by atoms with E-state index in [4.69, 9.17) is 4.74 Å². The third-order valence-electron chi connectivity index (χ3n) is 5.48. The zero-order valence-electron chi connectivity index (χ0n) is 18.0. The van der Waals surface area contributed by atoms with Crippen molar-refractivity contribution >= 4 is 17.7 Å². The minimum Gasteiger partial charge on any atom is -0.497 e. The largest absolute Gasteiger partial charge is 0.497 e. The van der Waals surface area contributed by atoms with Crippen LogP contribution in [0.5, 0.6) is 5.75 Å². The number of amides is 1. The fourth-order valence-electron chi connectivity index (χ4n) is 3.87. The van der Waals surface area contributed by atoms with Gasteiger partial charge in [-0.1, -0.05) is 30.0 Å². The van der Waals surface area contributed by atoms with Crippen molar-refractivity contribution in [2.45, 2.75) is 43.8 Å². The third kappa shape index (κ3) is 5.37. The first kappa shape index (κ1) is 22.1. The first-order valence-corrected chi connectivity index (χ1v) is 11.7. The molecule has 0 spiro atoms. The molecule has 0 radical (unpaired) electrons. The van der Waals surface area contributed by atoms with Crippen LogP contribution in [-0.4, -0.2) is 33.3 Å². The molecule has 3 aromatic rings. The normalized spacial score (nSPS) is 12.8. The van der Waals surface area contributed by atoms with Crippen LogP contribution in [0.1, 0.15) is 35.2 Å². The van der Waals surface area contributed by atoms with Gasteiger partial charge in [-0.2, -0.15) is 4.98 Å². The number of carbonyl (C=O) groups is 1. The van der Waals surface area contributed by atoms with E-state index in [0.29, 0.717) is 18.1 Å². The van der Waals surface area contributed by atoms with E-state index >= 15 is 0 Å². The van der Waals surface area contributed by atoms with E-state index < -0.39 is 0 Å². The van der Waals surface area contributed by atoms with Crippen molar-refractivity contribution in [1.82, 2.24) is 19.9 Å². The molecule has 2 heterocycles. The van der Waals surface area contributed by atoms with Gasteiger partial charge in [0.25, 0.3) is 0 Å². The number of hydrogen-bond donors (Lipinski definition) is 1. The van der Waals surface area contributed by atoms with Crippen LogP contribution in [0.25, 0.3) is 0 Å². The molecule has 1 amide bonds. The molecule has 0 fully saturated rings. The maximum atomic E-state index is 12.8. The molecule has 1 N–H and O–H groups in total. The second-order valence-corrected chi connectivity index (χ2v) is 8.66. The molecule has 1 aromatic carbocycles. The Balaban J connectivity index is 1.45. The number of ether oxygens (including phenoxy) is 1. The summed E-state index contributed by atoms with van der Waals surface area (Å²) < 4.78 is 6.98. The molecule has 1 aliphatic carbocycles. The molecule has 0 unspecified atom stereocenters. The minimum atomic E-state index is -0.270. The van der Waals surface area contributed by atoms with E-state index in [1.54, 1.807) is 24.1 Å². The Labute approximate surface area is 191 Å². The highest BCUT2D eigenvalue weighted by Gasteiger charge is 2.21. The molecule has 0 bridgehead atoms. The highest BCUT2D eigenvalue weighted by Crippen LogP contribution is 2.28. The number of thioether (sulfide) groups is 1. The average molecular weight is 451 g/mol. The lowest BCUT2D eigenvalue weighted by atomic mass is 9.97. The van der Waals surface area contributed by atoms with E-state index in [2.05, 4.69) is 15.3 Å². The summed E-state index contributed by atoms with van der Waals surface area (Å²) in [5, 5.41) is 3.61. The van der Waals surface area contributed by atoms with E-state index in [0.717, 1.165) is 53.8 Å². The molecule has 0 atom stereocenters. The second-order valence-electron chi connectivity index (χ2n) is 7.70. The highest BCUT2D eigenvalue weighted by molar-refractivity contribution is 7.99. The lowest BCUT2D eigenvalue weighted by Gasteiger charge is -2.22. The Kier molecular flexibility index (Phi) is 7.21. The van der Waals surface area contributed by atoms with Gasteiger partial charge in [0.1, 0.15) is 10.8 Å². The van der Waals surface area contributed by atoms with Crippen molar-refractivity contribution in [2.24, 2.45) is 0 Å². The quantitative estimate of drug-likeness (QED) is 0.419. The number of benzene rings is 1. The number of rotatable bonds is 8. The van der Waals surface area contributed by atoms with Gasteiger partial charge in [-0.3, -0.25) is 14.3 Å². The van der Waals surface area contributed by atoms with Crippen molar-refractivity contribution in [1.29, 1.82) is 0 Å². The molecule has 7 nitrogen and oxygen atoms in total. The van der Waals surface area contributed by atoms with Crippen LogP contribution in [0.2, 0.25) is 0 Å². The van der Waals surface area contributed by atoms with E-state index in [9.17, 15) is 9.59 Å². The zero-order valence-corrected chi connectivity index (χ0v) is 18.9. The summed E-state index contributed by atoms with van der Waals surface area (Å²) in [6.07, 6.45) is 7.34. The van der Waals surface area contributed by atoms with Crippen LogP contribution in [0.4, 0.5) is 0 Å². The minimum absolute atomic E-state index is 0.0938. The fraction of sp³-hybridized carbons (Fsp3) is 0.333. The van der Waals surface area contributed by atoms with E-state index in [1.807, 2.05) is 36.4 Å². The van der Waals surface area contributed by atoms with Gasteiger partial charge in [0.05, 0.1) is 19.4 Å². The summed E-state index contributed by atoms with van der Waals surface area (Å²) >= 11 is 1.34. The van der Waals surface area contributed by atoms with Crippen LogP contribution in [0.3, 0.4) is 0 Å². The number of aromatic nitrogens is 3. The van der Waals surface area contributed by atoms with E-state index in [-0.39, 0.29) is 17.3 Å². The molecule has 2 aromatic heterocycles. The monoisotopic (exact) mass is 450 g/mol. The van der Waals surface area contributed by atoms with Crippen molar-refractivity contribution in [3.63, 3.8) is 0 Å². The van der Waals surface area contributed by atoms with Gasteiger partial charge in [-0.05, 0) is 55.0 Å². The molecule has 4 rings (SSSR count). The van der Waals surface area contributed by atoms with Crippen LogP contribution in [0, 0.1) is 0 Å². The van der Waals surface area contributed by atoms with Gasteiger partial charge >= 0.3 is 5.69 Å². The molecule has 32 heavy (non-hydrogen) atoms. The van der Waals surface area contributed by atoms with E-state index in [1.165, 1.54) is 11.8 Å². The van der Waals surface area contributed by atoms with Crippen molar-refractivity contribution in [2.75, 3.05) is 12.9 Å². The smallest absolute Gasteiger partial charge is 0.349 e. The Hall–Kier alpha value is -3.13. The molecular weight excluding hydrogens is 424 g/mol. The first-order valence-electron chi connectivity index (χ1n) is 10.7. The predicted molar refractivity (Wildman–Crippen MR) is 124 cm³/mol. The molecule has 8 heteroatoms. The highest BCUT2D eigenvalue weighted by atomic mass is 32.2. The van der Waals surface area contributed by atoms with Crippen molar-refractivity contribution < 1.29 is 9.53 Å². The Morgan fingerprint density at radius 3 is 2.84 bits per heavy atom. The number of methoxy groups -OCH3 is 1. The average Bonchev–Trinajstić information content (AvgIpc) is 2.84. The summed E-state index contributed by atoms with van der Waals surface area (Å²) in [5.74, 6) is 0.882. The maximum absolute atomic E-state index is 12.8. The fourth-order valence-corrected chi connectivity index (χ4v) is 4.78. The first-order chi connectivity index (χ1) is 15.6. The number of hydrogen-bond acceptors (Lipinski definition) is 6. The van der Waals surface area contributed by atoms with Crippen LogP contribution in [-0.2, 0) is 30.7 Å². The number of nitrogens with zero attached hydrogens (tertiary/aromatic N) is 3.